The van der Waals surface area contributed by atoms with Crippen LogP contribution in [-0.2, 0) is 19.1 Å². The lowest BCUT2D eigenvalue weighted by atomic mass is 9.81. The van der Waals surface area contributed by atoms with Crippen molar-refractivity contribution in [2.45, 2.75) is 89.7 Å². The molecule has 9 heteroatoms. The van der Waals surface area contributed by atoms with E-state index in [1.54, 1.807) is 4.90 Å². The second-order valence-electron chi connectivity index (χ2n) is 9.63. The molecule has 3 rings (SSSR count). The molecule has 0 radical (unpaired) electrons. The molecular formula is C23H38N4O5. The molecule has 32 heavy (non-hydrogen) atoms. The van der Waals surface area contributed by atoms with Crippen molar-refractivity contribution in [3.8, 4) is 0 Å². The van der Waals surface area contributed by atoms with E-state index in [9.17, 15) is 14.4 Å². The number of amides is 2. The van der Waals surface area contributed by atoms with E-state index in [0.29, 0.717) is 37.7 Å². The maximum Gasteiger partial charge on any atom is 0.302 e. The summed E-state index contributed by atoms with van der Waals surface area (Å²) in [5, 5.41) is 15.0. The maximum atomic E-state index is 13.1. The molecule has 0 aromatic carbocycles. The van der Waals surface area contributed by atoms with E-state index in [1.165, 1.54) is 6.92 Å². The molecule has 3 atom stereocenters. The van der Waals surface area contributed by atoms with E-state index >= 15 is 0 Å². The Morgan fingerprint density at radius 1 is 1.06 bits per heavy atom. The summed E-state index contributed by atoms with van der Waals surface area (Å²) in [6, 6.07) is -0.410. The predicted octanol–water partition coefficient (Wildman–Crippen LogP) is 2.16. The molecule has 0 spiro atoms. The zero-order chi connectivity index (χ0) is 23.1. The minimum absolute atomic E-state index is 0.00836. The van der Waals surface area contributed by atoms with Crippen LogP contribution < -0.4 is 11.1 Å². The summed E-state index contributed by atoms with van der Waals surface area (Å²) in [6.07, 6.45) is 8.95. The van der Waals surface area contributed by atoms with Crippen molar-refractivity contribution in [2.75, 3.05) is 13.1 Å². The van der Waals surface area contributed by atoms with Gasteiger partial charge in [0.25, 0.3) is 0 Å². The van der Waals surface area contributed by atoms with Gasteiger partial charge in [-0.25, -0.2) is 0 Å². The van der Waals surface area contributed by atoms with Crippen LogP contribution in [0.15, 0.2) is 5.16 Å². The van der Waals surface area contributed by atoms with E-state index in [-0.39, 0.29) is 35.7 Å². The summed E-state index contributed by atoms with van der Waals surface area (Å²) in [7, 11) is 0. The van der Waals surface area contributed by atoms with Gasteiger partial charge in [0.05, 0.1) is 0 Å². The van der Waals surface area contributed by atoms with E-state index in [2.05, 4.69) is 10.5 Å². The molecule has 1 unspecified atom stereocenters. The topological polar surface area (TPSA) is 134 Å². The third-order valence-corrected chi connectivity index (χ3v) is 7.41. The molecule has 2 aliphatic carbocycles. The molecule has 2 amide bonds. The van der Waals surface area contributed by atoms with Gasteiger partial charge in [0.1, 0.15) is 18.0 Å². The number of carbonyl (C=O) groups is 3. The maximum absolute atomic E-state index is 13.1. The first-order valence-electron chi connectivity index (χ1n) is 12.1. The van der Waals surface area contributed by atoms with Crippen LogP contribution >= 0.6 is 0 Å². The van der Waals surface area contributed by atoms with Gasteiger partial charge in [-0.2, -0.15) is 0 Å². The van der Waals surface area contributed by atoms with Gasteiger partial charge in [0, 0.05) is 38.3 Å². The molecule has 0 bridgehead atoms. The van der Waals surface area contributed by atoms with Crippen molar-refractivity contribution in [3.63, 3.8) is 0 Å². The van der Waals surface area contributed by atoms with Gasteiger partial charge in [-0.1, -0.05) is 11.6 Å². The standard InChI is InChI=1S/C23H38N4O5/c1-15(28)32-20-7-3-2-5-18(20)13-21(29)27-12-4-6-19(27)23(30)25-14-16-8-10-17(11-9-16)22(24)26-31/h16-20,31H,2-14H2,1H3,(H2,24,26)(H,25,30)/t16?,17?,18-,19+,20?/m1/s1. The number of likely N-dealkylation sites (tertiary alicyclic amines) is 1. The summed E-state index contributed by atoms with van der Waals surface area (Å²) in [4.78, 5) is 39.1. The molecule has 3 aliphatic rings. The number of nitrogens with two attached hydrogens (primary N) is 1. The Bertz CT molecular complexity index is 705. The number of hydrogen-bond acceptors (Lipinski definition) is 6. The number of nitrogens with zero attached hydrogens (tertiary/aromatic N) is 2. The molecule has 0 aromatic rings. The highest BCUT2D eigenvalue weighted by Gasteiger charge is 2.37. The first-order valence-corrected chi connectivity index (χ1v) is 12.1. The van der Waals surface area contributed by atoms with Crippen LogP contribution in [0.1, 0.15) is 77.6 Å². The molecule has 4 N–H and O–H groups in total. The second kappa shape index (κ2) is 11.5. The quantitative estimate of drug-likeness (QED) is 0.179. The lowest BCUT2D eigenvalue weighted by Crippen LogP contribution is -2.48. The molecule has 2 saturated carbocycles. The van der Waals surface area contributed by atoms with Gasteiger partial charge in [-0.15, -0.1) is 0 Å². The molecule has 9 nitrogen and oxygen atoms in total. The molecule has 180 valence electrons. The van der Waals surface area contributed by atoms with Gasteiger partial charge >= 0.3 is 5.97 Å². The van der Waals surface area contributed by atoms with Crippen LogP contribution in [0.4, 0.5) is 0 Å². The van der Waals surface area contributed by atoms with Gasteiger partial charge in [0.2, 0.25) is 11.8 Å². The molecule has 1 saturated heterocycles. The Kier molecular flexibility index (Phi) is 8.75. The van der Waals surface area contributed by atoms with Gasteiger partial charge < -0.3 is 25.9 Å². The zero-order valence-corrected chi connectivity index (χ0v) is 19.1. The van der Waals surface area contributed by atoms with Gasteiger partial charge in [-0.3, -0.25) is 14.4 Å². The SMILES string of the molecule is CC(=O)OC1CCCC[C@@H]1CC(=O)N1CCC[C@H]1C(=O)NCC1CCC(C(N)=NO)CC1. The van der Waals surface area contributed by atoms with E-state index in [0.717, 1.165) is 57.8 Å². The van der Waals surface area contributed by atoms with Crippen molar-refractivity contribution >= 4 is 23.6 Å². The van der Waals surface area contributed by atoms with Crippen molar-refractivity contribution in [3.05, 3.63) is 0 Å². The highest BCUT2D eigenvalue weighted by atomic mass is 16.5. The molecule has 1 heterocycles. The van der Waals surface area contributed by atoms with Crippen molar-refractivity contribution in [1.29, 1.82) is 0 Å². The summed E-state index contributed by atoms with van der Waals surface area (Å²) >= 11 is 0. The van der Waals surface area contributed by atoms with Crippen LogP contribution in [0.25, 0.3) is 0 Å². The van der Waals surface area contributed by atoms with Crippen LogP contribution in [0.5, 0.6) is 0 Å². The Morgan fingerprint density at radius 3 is 2.47 bits per heavy atom. The summed E-state index contributed by atoms with van der Waals surface area (Å²) in [5.74, 6) is 0.439. The average Bonchev–Trinajstić information content (AvgIpc) is 3.28. The molecule has 1 aliphatic heterocycles. The van der Waals surface area contributed by atoms with E-state index < -0.39 is 6.04 Å². The first kappa shape index (κ1) is 24.3. The minimum atomic E-state index is -0.410. The minimum Gasteiger partial charge on any atom is -0.462 e. The zero-order valence-electron chi connectivity index (χ0n) is 19.1. The Hall–Kier alpha value is -2.32. The summed E-state index contributed by atoms with van der Waals surface area (Å²) in [5.41, 5.74) is 5.71. The fourth-order valence-corrected chi connectivity index (χ4v) is 5.56. The number of amidine groups is 1. The first-order chi connectivity index (χ1) is 15.4. The van der Waals surface area contributed by atoms with E-state index in [1.807, 2.05) is 0 Å². The normalized spacial score (nSPS) is 31.2. The summed E-state index contributed by atoms with van der Waals surface area (Å²) < 4.78 is 5.46. The predicted molar refractivity (Wildman–Crippen MR) is 119 cm³/mol. The number of rotatable bonds is 7. The molecule has 0 aromatic heterocycles. The monoisotopic (exact) mass is 450 g/mol. The third kappa shape index (κ3) is 6.36. The summed E-state index contributed by atoms with van der Waals surface area (Å²) in [6.45, 7) is 2.61. The second-order valence-corrected chi connectivity index (χ2v) is 9.63. The largest absolute Gasteiger partial charge is 0.462 e. The van der Waals surface area contributed by atoms with Crippen molar-refractivity contribution in [2.24, 2.45) is 28.6 Å². The van der Waals surface area contributed by atoms with Gasteiger partial charge in [-0.05, 0) is 63.7 Å². The third-order valence-electron chi connectivity index (χ3n) is 7.41. The smallest absolute Gasteiger partial charge is 0.302 e. The van der Waals surface area contributed by atoms with Crippen molar-refractivity contribution in [1.82, 2.24) is 10.2 Å². The van der Waals surface area contributed by atoms with Crippen molar-refractivity contribution < 1.29 is 24.3 Å². The number of nitrogens with one attached hydrogen (secondary N) is 1. The number of oxime groups is 1. The highest BCUT2D eigenvalue weighted by molar-refractivity contribution is 5.88. The number of ether oxygens (including phenoxy) is 1. The lowest BCUT2D eigenvalue weighted by Gasteiger charge is -2.33. The lowest BCUT2D eigenvalue weighted by molar-refractivity contribution is -0.153. The Morgan fingerprint density at radius 2 is 1.78 bits per heavy atom. The fraction of sp³-hybridized carbons (Fsp3) is 0.826. The number of esters is 1. The molecule has 3 fully saturated rings. The van der Waals surface area contributed by atoms with E-state index in [4.69, 9.17) is 15.7 Å². The van der Waals surface area contributed by atoms with Crippen LogP contribution in [0.2, 0.25) is 0 Å². The number of hydrogen-bond donors (Lipinski definition) is 3. The highest BCUT2D eigenvalue weighted by Crippen LogP contribution is 2.32. The van der Waals surface area contributed by atoms with Crippen LogP contribution in [-0.4, -0.2) is 59.0 Å². The Labute approximate surface area is 190 Å². The van der Waals surface area contributed by atoms with Crippen LogP contribution in [0, 0.1) is 17.8 Å². The fourth-order valence-electron chi connectivity index (χ4n) is 5.56. The number of carbonyl (C=O) groups excluding carboxylic acids is 3. The molecular weight excluding hydrogens is 412 g/mol. The van der Waals surface area contributed by atoms with Gasteiger partial charge in [0.15, 0.2) is 0 Å². The Balaban J connectivity index is 1.47. The average molecular weight is 451 g/mol. The van der Waals surface area contributed by atoms with Crippen LogP contribution in [0.3, 0.4) is 0 Å².